The summed E-state index contributed by atoms with van der Waals surface area (Å²) in [5.74, 6) is 1.44. The first-order chi connectivity index (χ1) is 20.9. The van der Waals surface area contributed by atoms with Gasteiger partial charge in [0, 0.05) is 42.8 Å². The van der Waals surface area contributed by atoms with Gasteiger partial charge in [0.1, 0.15) is 11.5 Å². The minimum atomic E-state index is -2.27. The molecule has 1 saturated heterocycles. The summed E-state index contributed by atoms with van der Waals surface area (Å²) in [4.78, 5) is 17.0. The molecule has 0 bridgehead atoms. The van der Waals surface area contributed by atoms with Crippen LogP contribution in [0.25, 0.3) is 5.57 Å². The molecule has 44 heavy (non-hydrogen) atoms. The summed E-state index contributed by atoms with van der Waals surface area (Å²) in [5.41, 5.74) is 3.21. The summed E-state index contributed by atoms with van der Waals surface area (Å²) in [6.07, 6.45) is 5.00. The molecule has 3 aliphatic heterocycles. The van der Waals surface area contributed by atoms with Gasteiger partial charge in [-0.1, -0.05) is 48.6 Å². The predicted molar refractivity (Wildman–Crippen MR) is 173 cm³/mol. The number of anilines is 1. The first-order valence-electron chi connectivity index (χ1n) is 15.5. The first-order valence-corrected chi connectivity index (χ1v) is 18.6. The summed E-state index contributed by atoms with van der Waals surface area (Å²) in [7, 11) is 1.08. The van der Waals surface area contributed by atoms with Crippen LogP contribution in [0.2, 0.25) is 18.6 Å². The Morgan fingerprint density at radius 2 is 1.80 bits per heavy atom. The number of amides is 1. The number of aryl methyl sites for hydroxylation is 1. The number of hydrogen-bond acceptors (Lipinski definition) is 7. The average molecular weight is 617 g/mol. The van der Waals surface area contributed by atoms with Crippen molar-refractivity contribution >= 4 is 30.4 Å². The second-order valence-electron chi connectivity index (χ2n) is 13.6. The van der Waals surface area contributed by atoms with Crippen molar-refractivity contribution in [3.8, 4) is 11.5 Å². The SMILES string of the molecule is COc1ccc([Si](C)(C)[C@H]2[C@H](CCn3cc(CCO)nn3)O[C@@]3(C(=O)N4c5c(cc(OC)cc53)C(C)=CC4(C)C)[C@@H]2C)cc1. The Balaban J connectivity index is 1.48. The van der Waals surface area contributed by atoms with Crippen LogP contribution < -0.4 is 19.6 Å². The molecule has 1 amide bonds. The number of fused-ring (bicyclic) bond motifs is 1. The number of ether oxygens (including phenoxy) is 3. The third-order valence-electron chi connectivity index (χ3n) is 10.2. The molecule has 0 aliphatic carbocycles. The molecule has 2 aromatic carbocycles. The van der Waals surface area contributed by atoms with Gasteiger partial charge in [-0.25, -0.2) is 0 Å². The molecule has 1 spiro atoms. The zero-order valence-electron chi connectivity index (χ0n) is 27.0. The van der Waals surface area contributed by atoms with Gasteiger partial charge in [-0.2, -0.15) is 0 Å². The molecule has 234 valence electrons. The van der Waals surface area contributed by atoms with E-state index in [0.29, 0.717) is 19.4 Å². The molecule has 3 aromatic rings. The molecular formula is C34H44N4O5Si. The van der Waals surface area contributed by atoms with E-state index in [1.165, 1.54) is 5.19 Å². The molecule has 0 unspecified atom stereocenters. The highest BCUT2D eigenvalue weighted by molar-refractivity contribution is 6.91. The van der Waals surface area contributed by atoms with Crippen molar-refractivity contribution in [3.63, 3.8) is 0 Å². The summed E-state index contributed by atoms with van der Waals surface area (Å²) in [6, 6.07) is 12.5. The minimum Gasteiger partial charge on any atom is -0.497 e. The van der Waals surface area contributed by atoms with Crippen LogP contribution in [0, 0.1) is 5.92 Å². The van der Waals surface area contributed by atoms with Crippen LogP contribution >= 0.6 is 0 Å². The third-order valence-corrected chi connectivity index (χ3v) is 14.6. The minimum absolute atomic E-state index is 0.00118. The Morgan fingerprint density at radius 1 is 1.09 bits per heavy atom. The van der Waals surface area contributed by atoms with E-state index < -0.39 is 19.2 Å². The fourth-order valence-corrected chi connectivity index (χ4v) is 12.2. The van der Waals surface area contributed by atoms with E-state index in [4.69, 9.17) is 14.2 Å². The Hall–Kier alpha value is -3.47. The lowest BCUT2D eigenvalue weighted by molar-refractivity contribution is -0.146. The molecule has 4 atom stereocenters. The molecule has 4 heterocycles. The van der Waals surface area contributed by atoms with Crippen LogP contribution in [0.4, 0.5) is 5.69 Å². The Bertz CT molecular complexity index is 1610. The van der Waals surface area contributed by atoms with Crippen molar-refractivity contribution in [3.05, 3.63) is 65.5 Å². The molecule has 1 aromatic heterocycles. The monoisotopic (exact) mass is 616 g/mol. The highest BCUT2D eigenvalue weighted by Gasteiger charge is 2.68. The lowest BCUT2D eigenvalue weighted by atomic mass is 9.81. The van der Waals surface area contributed by atoms with Crippen molar-refractivity contribution in [2.24, 2.45) is 5.92 Å². The number of rotatable bonds is 9. The van der Waals surface area contributed by atoms with Gasteiger partial charge in [0.25, 0.3) is 5.91 Å². The van der Waals surface area contributed by atoms with Crippen LogP contribution in [-0.4, -0.2) is 66.6 Å². The maximum absolute atomic E-state index is 15.0. The Kier molecular flexibility index (Phi) is 7.53. The highest BCUT2D eigenvalue weighted by Crippen LogP contribution is 2.63. The number of carbonyl (C=O) groups excluding carboxylic acids is 1. The quantitative estimate of drug-likeness (QED) is 0.349. The zero-order chi connectivity index (χ0) is 31.6. The molecule has 0 saturated carbocycles. The average Bonchev–Trinajstić information content (AvgIpc) is 3.64. The van der Waals surface area contributed by atoms with Gasteiger partial charge in [0.2, 0.25) is 0 Å². The first kappa shape index (κ1) is 30.5. The number of carbonyl (C=O) groups is 1. The smallest absolute Gasteiger partial charge is 0.265 e. The molecule has 0 radical (unpaired) electrons. The summed E-state index contributed by atoms with van der Waals surface area (Å²) >= 11 is 0. The maximum atomic E-state index is 15.0. The number of aromatic nitrogens is 3. The third kappa shape index (κ3) is 4.52. The van der Waals surface area contributed by atoms with Gasteiger partial charge in [-0.3, -0.25) is 14.4 Å². The van der Waals surface area contributed by atoms with Gasteiger partial charge < -0.3 is 19.3 Å². The summed E-state index contributed by atoms with van der Waals surface area (Å²) in [5, 5.41) is 19.2. The van der Waals surface area contributed by atoms with E-state index in [0.717, 1.165) is 39.6 Å². The van der Waals surface area contributed by atoms with E-state index in [1.54, 1.807) is 14.2 Å². The number of allylic oxidation sites excluding steroid dienone is 1. The number of hydrogen-bond donors (Lipinski definition) is 1. The predicted octanol–water partition coefficient (Wildman–Crippen LogP) is 4.68. The van der Waals surface area contributed by atoms with Crippen molar-refractivity contribution in [2.45, 2.75) is 83.0 Å². The lowest BCUT2D eigenvalue weighted by Gasteiger charge is -2.40. The lowest BCUT2D eigenvalue weighted by Crippen LogP contribution is -2.54. The standard InChI is InChI=1S/C34H44N4O5Si/c1-21-19-33(3,4)38-30-27(21)17-25(42-6)18-28(30)34(32(38)40)22(2)31(44(7,8)26-11-9-24(41-5)10-12-26)29(43-34)13-15-37-20-23(14-16-39)35-36-37/h9-12,17-20,22,29,31,39H,13-16H2,1-8H3/t22-,29+,31-,34+/m1/s1. The number of benzene rings is 2. The molecule has 1 fully saturated rings. The zero-order valence-corrected chi connectivity index (χ0v) is 28.0. The number of methoxy groups -OCH3 is 2. The molecule has 1 N–H and O–H groups in total. The topological polar surface area (TPSA) is 98.9 Å². The number of aliphatic hydroxyl groups excluding tert-OH is 1. The van der Waals surface area contributed by atoms with Crippen LogP contribution in [-0.2, 0) is 28.1 Å². The van der Waals surface area contributed by atoms with Crippen molar-refractivity contribution in [1.82, 2.24) is 15.0 Å². The molecular weight excluding hydrogens is 572 g/mol. The van der Waals surface area contributed by atoms with Gasteiger partial charge in [-0.05, 0) is 62.6 Å². The van der Waals surface area contributed by atoms with Crippen LogP contribution in [0.5, 0.6) is 11.5 Å². The second-order valence-corrected chi connectivity index (χ2v) is 18.3. The van der Waals surface area contributed by atoms with Crippen LogP contribution in [0.1, 0.15) is 50.9 Å². The van der Waals surface area contributed by atoms with Gasteiger partial charge in [-0.15, -0.1) is 5.10 Å². The highest BCUT2D eigenvalue weighted by atomic mass is 28.3. The molecule has 3 aliphatic rings. The summed E-state index contributed by atoms with van der Waals surface area (Å²) in [6.45, 7) is 13.9. The summed E-state index contributed by atoms with van der Waals surface area (Å²) < 4.78 is 20.4. The van der Waals surface area contributed by atoms with Crippen LogP contribution in [0.3, 0.4) is 0 Å². The van der Waals surface area contributed by atoms with E-state index in [2.05, 4.69) is 69.3 Å². The van der Waals surface area contributed by atoms with Crippen molar-refractivity contribution in [2.75, 3.05) is 25.7 Å². The van der Waals surface area contributed by atoms with Gasteiger partial charge >= 0.3 is 0 Å². The van der Waals surface area contributed by atoms with E-state index in [9.17, 15) is 5.11 Å². The Labute approximate surface area is 260 Å². The molecule has 6 rings (SSSR count). The Morgan fingerprint density at radius 3 is 2.45 bits per heavy atom. The number of nitrogens with zero attached hydrogens (tertiary/aromatic N) is 4. The number of aliphatic hydroxyl groups is 1. The van der Waals surface area contributed by atoms with Gasteiger partial charge in [0.15, 0.2) is 5.60 Å². The van der Waals surface area contributed by atoms with Crippen LogP contribution in [0.15, 0.2) is 48.7 Å². The van der Waals surface area contributed by atoms with E-state index in [-0.39, 0.29) is 30.1 Å². The van der Waals surface area contributed by atoms with Gasteiger partial charge in [0.05, 0.1) is 45.3 Å². The second kappa shape index (κ2) is 10.9. The largest absolute Gasteiger partial charge is 0.497 e. The fourth-order valence-electron chi connectivity index (χ4n) is 8.18. The van der Waals surface area contributed by atoms with E-state index >= 15 is 4.79 Å². The maximum Gasteiger partial charge on any atom is 0.265 e. The van der Waals surface area contributed by atoms with E-state index in [1.807, 2.05) is 40.0 Å². The fraction of sp³-hybridized carbons (Fsp3) is 0.500. The van der Waals surface area contributed by atoms with Crippen molar-refractivity contribution in [1.29, 1.82) is 0 Å². The molecule has 9 nitrogen and oxygen atoms in total. The molecule has 10 heteroatoms. The van der Waals surface area contributed by atoms with Crippen molar-refractivity contribution < 1.29 is 24.1 Å². The normalized spacial score (nSPS) is 25.4.